The van der Waals surface area contributed by atoms with E-state index >= 15 is 4.79 Å². The Kier molecular flexibility index (Phi) is 10.5. The molecule has 2 heterocycles. The Bertz CT molecular complexity index is 1920. The van der Waals surface area contributed by atoms with Gasteiger partial charge in [-0.1, -0.05) is 132 Å². The summed E-state index contributed by atoms with van der Waals surface area (Å²) in [5.41, 5.74) is 9.15. The number of aryl methyl sites for hydroxylation is 3. The fourth-order valence-electron chi connectivity index (χ4n) is 7.49. The van der Waals surface area contributed by atoms with Crippen molar-refractivity contribution in [1.82, 2.24) is 9.80 Å². The van der Waals surface area contributed by atoms with Crippen molar-refractivity contribution in [2.45, 2.75) is 97.2 Å². The van der Waals surface area contributed by atoms with Crippen molar-refractivity contribution in [3.05, 3.63) is 172 Å². The van der Waals surface area contributed by atoms with Crippen LogP contribution in [0.1, 0.15) is 58.4 Å². The highest BCUT2D eigenvalue weighted by molar-refractivity contribution is 5.76. The maximum Gasteiger partial charge on any atom is 0.321 e. The number of carbonyl (C=O) groups is 1. The van der Waals surface area contributed by atoms with Crippen molar-refractivity contribution in [3.63, 3.8) is 0 Å². The number of ether oxygens (including phenoxy) is 3. The topological polar surface area (TPSA) is 51.2 Å². The Morgan fingerprint density at radius 1 is 0.538 bits per heavy atom. The van der Waals surface area contributed by atoms with Crippen LogP contribution in [-0.2, 0) is 42.0 Å². The summed E-state index contributed by atoms with van der Waals surface area (Å²) in [5, 5.41) is 0. The summed E-state index contributed by atoms with van der Waals surface area (Å²) in [6.45, 7) is 11.7. The van der Waals surface area contributed by atoms with Crippen molar-refractivity contribution in [2.24, 2.45) is 0 Å². The number of hydrogen-bond donors (Lipinski definition) is 0. The molecule has 2 fully saturated rings. The average molecular weight is 695 g/mol. The quantitative estimate of drug-likeness (QED) is 0.138. The normalized spacial score (nSPS) is 21.1. The van der Waals surface area contributed by atoms with E-state index in [1.807, 2.05) is 49.1 Å². The lowest BCUT2D eigenvalue weighted by molar-refractivity contribution is -0.157. The number of carbonyl (C=O) groups excluding carboxylic acids is 1. The van der Waals surface area contributed by atoms with Crippen molar-refractivity contribution < 1.29 is 19.0 Å². The number of urea groups is 1. The van der Waals surface area contributed by atoms with Crippen molar-refractivity contribution >= 4 is 6.03 Å². The van der Waals surface area contributed by atoms with Crippen LogP contribution in [0.3, 0.4) is 0 Å². The summed E-state index contributed by atoms with van der Waals surface area (Å²) in [6, 6.07) is 43.5. The van der Waals surface area contributed by atoms with Gasteiger partial charge in [0.15, 0.2) is 5.79 Å². The predicted octanol–water partition coefficient (Wildman–Crippen LogP) is 9.37. The molecule has 2 aliphatic heterocycles. The van der Waals surface area contributed by atoms with E-state index in [2.05, 4.69) is 123 Å². The number of rotatable bonds is 11. The highest BCUT2D eigenvalue weighted by atomic mass is 16.8. The smallest absolute Gasteiger partial charge is 0.321 e. The van der Waals surface area contributed by atoms with Crippen LogP contribution in [-0.4, -0.2) is 45.9 Å². The molecular weight excluding hydrogens is 645 g/mol. The highest BCUT2D eigenvalue weighted by Gasteiger charge is 2.55. The van der Waals surface area contributed by atoms with E-state index in [0.29, 0.717) is 32.5 Å². The largest absolute Gasteiger partial charge is 0.489 e. The van der Waals surface area contributed by atoms with Gasteiger partial charge in [-0.3, -0.25) is 0 Å². The van der Waals surface area contributed by atoms with Gasteiger partial charge in [-0.05, 0) is 87.4 Å². The second-order valence-electron chi connectivity index (χ2n) is 15.0. The first-order valence-corrected chi connectivity index (χ1v) is 18.5. The molecule has 0 radical (unpaired) electrons. The highest BCUT2D eigenvalue weighted by Crippen LogP contribution is 2.40. The minimum Gasteiger partial charge on any atom is -0.489 e. The van der Waals surface area contributed by atoms with Gasteiger partial charge in [0, 0.05) is 13.1 Å². The van der Waals surface area contributed by atoms with Crippen LogP contribution in [0.15, 0.2) is 127 Å². The molecule has 0 saturated carbocycles. The van der Waals surface area contributed by atoms with Crippen LogP contribution >= 0.6 is 0 Å². The summed E-state index contributed by atoms with van der Waals surface area (Å²) < 4.78 is 19.9. The third kappa shape index (κ3) is 8.41. The number of hydrogen-bond acceptors (Lipinski definition) is 4. The van der Waals surface area contributed by atoms with E-state index in [1.54, 1.807) is 0 Å². The zero-order valence-corrected chi connectivity index (χ0v) is 31.0. The maximum absolute atomic E-state index is 15.4. The van der Waals surface area contributed by atoms with Gasteiger partial charge in [-0.15, -0.1) is 0 Å². The van der Waals surface area contributed by atoms with Gasteiger partial charge in [0.25, 0.3) is 0 Å². The second kappa shape index (κ2) is 15.4. The Morgan fingerprint density at radius 3 is 1.38 bits per heavy atom. The fourth-order valence-corrected chi connectivity index (χ4v) is 7.49. The summed E-state index contributed by atoms with van der Waals surface area (Å²) in [6.07, 6.45) is 0.587. The molecule has 6 heteroatoms. The molecule has 7 rings (SSSR count). The molecular formula is C46H50N2O4. The minimum atomic E-state index is -0.814. The summed E-state index contributed by atoms with van der Waals surface area (Å²) in [7, 11) is 0. The first kappa shape index (κ1) is 35.5. The summed E-state index contributed by atoms with van der Waals surface area (Å²) >= 11 is 0. The van der Waals surface area contributed by atoms with Gasteiger partial charge in [0.1, 0.15) is 24.6 Å². The van der Waals surface area contributed by atoms with Crippen LogP contribution < -0.4 is 4.74 Å². The standard InChI is InChI=1S/C46H50N2O4/c1-32-11-17-35(18-12-32)27-41-43-44(52-46(4,5)51-43)42(28-36-19-13-33(2)14-20-36)48(45(49)47(41)29-37-21-15-34(3)16-22-37)30-38-23-25-40(26-24-38)50-31-39-9-7-6-8-10-39/h6-26,41-44H,27-31H2,1-5H3/t41-,42-,43+,44+/m1/s1. The number of nitrogens with zero attached hydrogens (tertiary/aromatic N) is 2. The molecule has 0 unspecified atom stereocenters. The van der Waals surface area contributed by atoms with Crippen LogP contribution in [0.2, 0.25) is 0 Å². The SMILES string of the molecule is Cc1ccc(C[C@@H]2[C@@H]3OC(C)(C)O[C@H]3[C@@H](Cc3ccc(C)cc3)N(Cc3ccc(OCc4ccccc4)cc3)C(=O)N2Cc2ccc(C)cc2)cc1. The summed E-state index contributed by atoms with van der Waals surface area (Å²) in [4.78, 5) is 19.5. The molecule has 6 nitrogen and oxygen atoms in total. The van der Waals surface area contributed by atoms with Crippen LogP contribution in [0.5, 0.6) is 5.75 Å². The third-order valence-corrected chi connectivity index (χ3v) is 10.3. The van der Waals surface area contributed by atoms with E-state index in [9.17, 15) is 0 Å². The van der Waals surface area contributed by atoms with Gasteiger partial charge in [-0.25, -0.2) is 4.79 Å². The molecule has 2 saturated heterocycles. The molecule has 52 heavy (non-hydrogen) atoms. The summed E-state index contributed by atoms with van der Waals surface area (Å²) in [5.74, 6) is -0.0226. The lowest BCUT2D eigenvalue weighted by Gasteiger charge is -2.37. The van der Waals surface area contributed by atoms with Crippen molar-refractivity contribution in [2.75, 3.05) is 0 Å². The Hall–Kier alpha value is -4.91. The van der Waals surface area contributed by atoms with E-state index in [-0.39, 0.29) is 30.3 Å². The van der Waals surface area contributed by atoms with E-state index < -0.39 is 5.79 Å². The molecule has 0 aliphatic carbocycles. The maximum atomic E-state index is 15.4. The first-order valence-electron chi connectivity index (χ1n) is 18.5. The van der Waals surface area contributed by atoms with Crippen LogP contribution in [0.25, 0.3) is 0 Å². The lowest BCUT2D eigenvalue weighted by atomic mass is 9.90. The zero-order valence-electron chi connectivity index (χ0n) is 31.0. The molecule has 0 spiro atoms. The molecule has 0 bridgehead atoms. The van der Waals surface area contributed by atoms with Gasteiger partial charge in [0.05, 0.1) is 12.1 Å². The second-order valence-corrected chi connectivity index (χ2v) is 15.0. The minimum absolute atomic E-state index is 0.0152. The van der Waals surface area contributed by atoms with Gasteiger partial charge >= 0.3 is 6.03 Å². The van der Waals surface area contributed by atoms with Crippen LogP contribution in [0, 0.1) is 20.8 Å². The van der Waals surface area contributed by atoms with Crippen molar-refractivity contribution in [1.29, 1.82) is 0 Å². The number of benzene rings is 5. The monoisotopic (exact) mass is 694 g/mol. The predicted molar refractivity (Wildman–Crippen MR) is 206 cm³/mol. The average Bonchev–Trinajstić information content (AvgIpc) is 3.45. The Balaban J connectivity index is 1.28. The number of fused-ring (bicyclic) bond motifs is 1. The van der Waals surface area contributed by atoms with E-state index in [1.165, 1.54) is 22.3 Å². The molecule has 4 atom stereocenters. The Labute approximate surface area is 309 Å². The molecule has 5 aromatic rings. The lowest BCUT2D eigenvalue weighted by Crippen LogP contribution is -2.51. The molecule has 0 aromatic heterocycles. The molecule has 2 amide bonds. The van der Waals surface area contributed by atoms with Gasteiger partial charge in [-0.2, -0.15) is 0 Å². The molecule has 5 aromatic carbocycles. The molecule has 268 valence electrons. The van der Waals surface area contributed by atoms with Crippen molar-refractivity contribution in [3.8, 4) is 5.75 Å². The van der Waals surface area contributed by atoms with Crippen LogP contribution in [0.4, 0.5) is 4.79 Å². The van der Waals surface area contributed by atoms with E-state index in [4.69, 9.17) is 14.2 Å². The van der Waals surface area contributed by atoms with Gasteiger partial charge < -0.3 is 24.0 Å². The van der Waals surface area contributed by atoms with E-state index in [0.717, 1.165) is 28.0 Å². The number of amides is 2. The first-order chi connectivity index (χ1) is 25.1. The molecule has 2 aliphatic rings. The fraction of sp³-hybridized carbons (Fsp3) is 0.326. The third-order valence-electron chi connectivity index (χ3n) is 10.3. The molecule has 0 N–H and O–H groups in total. The zero-order chi connectivity index (χ0) is 36.2. The van der Waals surface area contributed by atoms with Gasteiger partial charge in [0.2, 0.25) is 0 Å². The Morgan fingerprint density at radius 2 is 0.942 bits per heavy atom.